The Kier molecular flexibility index (Phi) is 8.78. The molecule has 0 radical (unpaired) electrons. The molecule has 0 atom stereocenters. The zero-order valence-electron chi connectivity index (χ0n) is 21.5. The predicted molar refractivity (Wildman–Crippen MR) is 133 cm³/mol. The van der Waals surface area contributed by atoms with E-state index in [0.717, 1.165) is 4.57 Å². The number of aromatic nitrogens is 3. The molecule has 4 N–H and O–H groups in total. The Morgan fingerprint density at radius 1 is 1.17 bits per heavy atom. The number of oxazole rings is 1. The van der Waals surface area contributed by atoms with Crippen molar-refractivity contribution in [2.75, 3.05) is 17.7 Å². The molecule has 12 nitrogen and oxygen atoms in total. The number of phosphoric acid groups is 1. The van der Waals surface area contributed by atoms with Gasteiger partial charge in [0.05, 0.1) is 12.6 Å². The average Bonchev–Trinajstić information content (AvgIpc) is 3.10. The van der Waals surface area contributed by atoms with Crippen LogP contribution >= 0.6 is 7.82 Å². The van der Waals surface area contributed by atoms with Gasteiger partial charge in [0, 0.05) is 29.2 Å². The van der Waals surface area contributed by atoms with Crippen LogP contribution < -0.4 is 21.1 Å². The largest absolute Gasteiger partial charge is 2.00 e. The maximum Gasteiger partial charge on any atom is 2.00 e. The number of hydrogen-bond donors (Lipinski definition) is 4. The van der Waals surface area contributed by atoms with Crippen molar-refractivity contribution in [3.05, 3.63) is 64.0 Å². The average molecular weight is 547 g/mol. The normalized spacial score (nSPS) is 11.3. The molecule has 0 spiro atoms. The molecule has 2 aromatic carbocycles. The molecule has 0 aliphatic rings. The Bertz CT molecular complexity index is 1530. The van der Waals surface area contributed by atoms with Crippen molar-refractivity contribution in [1.29, 1.82) is 0 Å². The van der Waals surface area contributed by atoms with Crippen molar-refractivity contribution in [2.45, 2.75) is 20.6 Å². The number of nitrogens with zero attached hydrogens (tertiary/aromatic N) is 3. The maximum absolute atomic E-state index is 14.1. The summed E-state index contributed by atoms with van der Waals surface area (Å²) < 4.78 is 40.6. The van der Waals surface area contributed by atoms with Crippen LogP contribution in [0.5, 0.6) is 5.75 Å². The van der Waals surface area contributed by atoms with E-state index in [1.54, 1.807) is 38.2 Å². The molecular formula is C21H23CaFN5O7P. The maximum atomic E-state index is 14.1. The molecule has 2 aromatic heterocycles. The van der Waals surface area contributed by atoms with E-state index < -0.39 is 26.1 Å². The summed E-state index contributed by atoms with van der Waals surface area (Å²) in [6.45, 7) is 2.71. The van der Waals surface area contributed by atoms with E-state index in [4.69, 9.17) is 18.9 Å². The number of ether oxygens (including phenoxy) is 1. The van der Waals surface area contributed by atoms with Gasteiger partial charge in [-0.15, -0.1) is 0 Å². The number of rotatable bonds is 8. The van der Waals surface area contributed by atoms with Crippen LogP contribution in [-0.2, 0) is 15.8 Å². The standard InChI is InChI=1S/C21H21FN5O7P.Ca.2H/c1-11-6-14(8-17(32-3)18(11)22)25-20-23-9-12(2)19(26-20)24-13-4-5-16-15(7-13)27(21(28)34-16)10-33-35(29,30)31;;;/h4-9H,10H2,1-3H3,(H2,29,30,31)(H2,23,24,25,26);;;/q;+2;2*-1. The van der Waals surface area contributed by atoms with Crippen LogP contribution in [-0.4, -0.2) is 69.2 Å². The number of anilines is 4. The van der Waals surface area contributed by atoms with E-state index in [1.165, 1.54) is 19.2 Å². The van der Waals surface area contributed by atoms with Gasteiger partial charge in [0.15, 0.2) is 17.1 Å². The molecule has 0 saturated heterocycles. The van der Waals surface area contributed by atoms with Gasteiger partial charge < -0.3 is 32.4 Å². The third-order valence-corrected chi connectivity index (χ3v) is 5.41. The molecule has 2 heterocycles. The molecule has 0 aliphatic carbocycles. The number of phosphoric ester groups is 1. The molecule has 0 saturated carbocycles. The van der Waals surface area contributed by atoms with Gasteiger partial charge in [0.25, 0.3) is 0 Å². The van der Waals surface area contributed by atoms with Gasteiger partial charge in [-0.3, -0.25) is 4.52 Å². The zero-order chi connectivity index (χ0) is 25.3. The van der Waals surface area contributed by atoms with Gasteiger partial charge in [-0.25, -0.2) is 23.3 Å². The van der Waals surface area contributed by atoms with E-state index >= 15 is 0 Å². The van der Waals surface area contributed by atoms with Gasteiger partial charge in [-0.05, 0) is 43.7 Å². The summed E-state index contributed by atoms with van der Waals surface area (Å²) in [5.74, 6) is -0.524. The molecule has 0 fully saturated rings. The molecule has 0 aliphatic heterocycles. The Morgan fingerprint density at radius 2 is 1.92 bits per heavy atom. The van der Waals surface area contributed by atoms with Crippen molar-refractivity contribution in [1.82, 2.24) is 14.5 Å². The number of methoxy groups -OCH3 is 1. The number of nitrogens with one attached hydrogen (secondary N) is 2. The summed E-state index contributed by atoms with van der Waals surface area (Å²) in [4.78, 5) is 38.6. The molecule has 0 unspecified atom stereocenters. The second kappa shape index (κ2) is 11.3. The summed E-state index contributed by atoms with van der Waals surface area (Å²) in [5.41, 5.74) is 2.60. The minimum atomic E-state index is -4.79. The van der Waals surface area contributed by atoms with Crippen LogP contribution in [0.3, 0.4) is 0 Å². The van der Waals surface area contributed by atoms with Crippen molar-refractivity contribution < 1.29 is 35.3 Å². The number of aryl methyl sites for hydroxylation is 2. The van der Waals surface area contributed by atoms with Crippen LogP contribution in [0.2, 0.25) is 0 Å². The first-order valence-corrected chi connectivity index (χ1v) is 11.6. The first-order chi connectivity index (χ1) is 16.5. The van der Waals surface area contributed by atoms with Crippen LogP contribution in [0.4, 0.5) is 27.5 Å². The SMILES string of the molecule is COc1cc(Nc2ncc(C)c(Nc3ccc4oc(=O)n(COP(=O)(O)O)c4c3)n2)cc(C)c1F.[Ca+2].[H-].[H-]. The van der Waals surface area contributed by atoms with E-state index in [2.05, 4.69) is 25.1 Å². The summed E-state index contributed by atoms with van der Waals surface area (Å²) in [5, 5.41) is 6.13. The van der Waals surface area contributed by atoms with Gasteiger partial charge in [0.2, 0.25) is 5.95 Å². The minimum Gasteiger partial charge on any atom is -1.00 e. The van der Waals surface area contributed by atoms with Crippen molar-refractivity contribution in [3.63, 3.8) is 0 Å². The van der Waals surface area contributed by atoms with Crippen LogP contribution in [0.15, 0.2) is 45.7 Å². The second-order valence-electron chi connectivity index (χ2n) is 7.51. The number of halogens is 1. The Balaban J connectivity index is 0.00000241. The molecule has 0 amide bonds. The Hall–Kier alpha value is -2.51. The van der Waals surface area contributed by atoms with Crippen molar-refractivity contribution >= 4 is 79.8 Å². The fourth-order valence-corrected chi connectivity index (χ4v) is 3.51. The van der Waals surface area contributed by atoms with Crippen LogP contribution in [0, 0.1) is 19.7 Å². The van der Waals surface area contributed by atoms with Crippen LogP contribution in [0.25, 0.3) is 11.1 Å². The number of fused-ring (bicyclic) bond motifs is 1. The Morgan fingerprint density at radius 3 is 2.61 bits per heavy atom. The minimum absolute atomic E-state index is 0. The number of benzene rings is 2. The summed E-state index contributed by atoms with van der Waals surface area (Å²) in [6, 6.07) is 7.80. The smallest absolute Gasteiger partial charge is 1.00 e. The summed E-state index contributed by atoms with van der Waals surface area (Å²) in [7, 11) is -3.42. The van der Waals surface area contributed by atoms with Crippen LogP contribution in [0.1, 0.15) is 14.0 Å². The van der Waals surface area contributed by atoms with Gasteiger partial charge >= 0.3 is 51.3 Å². The zero-order valence-corrected chi connectivity index (χ0v) is 22.6. The van der Waals surface area contributed by atoms with E-state index in [-0.39, 0.29) is 63.4 Å². The van der Waals surface area contributed by atoms with Gasteiger partial charge in [-0.1, -0.05) is 0 Å². The van der Waals surface area contributed by atoms with Gasteiger partial charge in [0.1, 0.15) is 12.5 Å². The third kappa shape index (κ3) is 6.43. The first-order valence-electron chi connectivity index (χ1n) is 10.1. The van der Waals surface area contributed by atoms with E-state index in [1.807, 2.05) is 0 Å². The topological polar surface area (TPSA) is 161 Å². The third-order valence-electron chi connectivity index (χ3n) is 4.95. The second-order valence-corrected chi connectivity index (χ2v) is 8.75. The molecule has 0 bridgehead atoms. The Labute approximate surface area is 236 Å². The molecule has 36 heavy (non-hydrogen) atoms. The molecule has 4 aromatic rings. The molecular weight excluding hydrogens is 524 g/mol. The fraction of sp³-hybridized carbons (Fsp3) is 0.190. The monoisotopic (exact) mass is 547 g/mol. The quantitative estimate of drug-likeness (QED) is 0.189. The van der Waals surface area contributed by atoms with E-state index in [9.17, 15) is 13.8 Å². The van der Waals surface area contributed by atoms with E-state index in [0.29, 0.717) is 28.3 Å². The summed E-state index contributed by atoms with van der Waals surface area (Å²) >= 11 is 0. The fourth-order valence-electron chi connectivity index (χ4n) is 3.25. The molecule has 15 heteroatoms. The molecule has 188 valence electrons. The van der Waals surface area contributed by atoms with Crippen molar-refractivity contribution in [2.24, 2.45) is 0 Å². The number of hydrogen-bond acceptors (Lipinski definition) is 9. The first kappa shape index (κ1) is 28.1. The summed E-state index contributed by atoms with van der Waals surface area (Å²) in [6.07, 6.45) is 1.59. The predicted octanol–water partition coefficient (Wildman–Crippen LogP) is 3.55. The van der Waals surface area contributed by atoms with Gasteiger partial charge in [-0.2, -0.15) is 4.98 Å². The van der Waals surface area contributed by atoms with Crippen molar-refractivity contribution in [3.8, 4) is 5.75 Å². The molecule has 4 rings (SSSR count).